The molecule has 17 nitrogen and oxygen atoms in total. The molecule has 0 saturated carbocycles. The van der Waals surface area contributed by atoms with E-state index in [1.54, 1.807) is 11.8 Å². The van der Waals surface area contributed by atoms with E-state index in [0.717, 1.165) is 5.75 Å². The van der Waals surface area contributed by atoms with Gasteiger partial charge in [-0.15, -0.1) is 0 Å². The van der Waals surface area contributed by atoms with Gasteiger partial charge in [0, 0.05) is 82.2 Å². The molecule has 3 N–H and O–H groups in total. The van der Waals surface area contributed by atoms with Gasteiger partial charge in [0.15, 0.2) is 0 Å². The van der Waals surface area contributed by atoms with Crippen molar-refractivity contribution in [2.45, 2.75) is 72.1 Å². The van der Waals surface area contributed by atoms with Crippen LogP contribution in [0.3, 0.4) is 0 Å². The molecule has 3 amide bonds. The second-order valence-corrected chi connectivity index (χ2v) is 14.2. The fraction of sp³-hybridized carbons (Fsp3) is 0.816. The van der Waals surface area contributed by atoms with Crippen LogP contribution >= 0.6 is 11.8 Å². The molecule has 0 rings (SSSR count). The predicted octanol–water partition coefficient (Wildman–Crippen LogP) is 1.26. The summed E-state index contributed by atoms with van der Waals surface area (Å²) in [6, 6.07) is 0. The summed E-state index contributed by atoms with van der Waals surface area (Å²) in [4.78, 5) is 83.6. The Morgan fingerprint density at radius 1 is 0.429 bits per heavy atom. The number of carbonyl (C=O) groups is 7. The summed E-state index contributed by atoms with van der Waals surface area (Å²) in [7, 11) is 0. The van der Waals surface area contributed by atoms with Crippen molar-refractivity contribution in [3.8, 4) is 0 Å². The number of ketones is 4. The third kappa shape index (κ3) is 35.6. The van der Waals surface area contributed by atoms with Crippen LogP contribution in [0.2, 0.25) is 0 Å². The first-order valence-electron chi connectivity index (χ1n) is 19.2. The lowest BCUT2D eigenvalue weighted by molar-refractivity contribution is -0.133. The molecule has 0 radical (unpaired) electrons. The normalized spacial score (nSPS) is 11.3. The highest BCUT2D eigenvalue weighted by Crippen LogP contribution is 2.26. The molecule has 0 fully saturated rings. The molecule has 0 aromatic heterocycles. The Morgan fingerprint density at radius 2 is 0.750 bits per heavy atom. The minimum absolute atomic E-state index is 0.00369. The molecule has 0 aliphatic carbocycles. The Labute approximate surface area is 336 Å². The number of nitrogens with one attached hydrogen (secondary N) is 3. The molecule has 0 atom stereocenters. The zero-order valence-electron chi connectivity index (χ0n) is 34.0. The Bertz CT molecular complexity index is 1020. The number of rotatable bonds is 41. The first-order valence-corrected chi connectivity index (χ1v) is 20.6. The van der Waals surface area contributed by atoms with Crippen molar-refractivity contribution in [2.24, 2.45) is 5.41 Å². The van der Waals surface area contributed by atoms with Crippen molar-refractivity contribution < 1.29 is 66.7 Å². The summed E-state index contributed by atoms with van der Waals surface area (Å²) < 4.78 is 39.4. The molecule has 0 heterocycles. The molecule has 0 aliphatic rings. The van der Waals surface area contributed by atoms with Crippen molar-refractivity contribution in [1.82, 2.24) is 16.0 Å². The van der Waals surface area contributed by atoms with Crippen molar-refractivity contribution >= 4 is 52.6 Å². The predicted molar refractivity (Wildman–Crippen MR) is 210 cm³/mol. The van der Waals surface area contributed by atoms with Crippen LogP contribution in [0, 0.1) is 5.41 Å². The van der Waals surface area contributed by atoms with Gasteiger partial charge in [0.05, 0.1) is 92.5 Å². The summed E-state index contributed by atoms with van der Waals surface area (Å²) in [5, 5.41) is 8.20. The van der Waals surface area contributed by atoms with E-state index in [4.69, 9.17) is 33.2 Å². The largest absolute Gasteiger partial charge is 0.380 e. The molecular weight excluding hydrogens is 754 g/mol. The van der Waals surface area contributed by atoms with Crippen molar-refractivity contribution in [3.63, 3.8) is 0 Å². The monoisotopic (exact) mass is 821 g/mol. The van der Waals surface area contributed by atoms with E-state index < -0.39 is 5.41 Å². The van der Waals surface area contributed by atoms with Gasteiger partial charge in [0.1, 0.15) is 23.1 Å². The first kappa shape index (κ1) is 53.2. The summed E-state index contributed by atoms with van der Waals surface area (Å²) in [6.45, 7) is 7.76. The van der Waals surface area contributed by atoms with Crippen molar-refractivity contribution in [3.05, 3.63) is 0 Å². The van der Waals surface area contributed by atoms with Crippen LogP contribution in [0.4, 0.5) is 0 Å². The maximum Gasteiger partial charge on any atom is 0.222 e. The zero-order chi connectivity index (χ0) is 41.7. The molecule has 0 saturated heterocycles. The van der Waals surface area contributed by atoms with E-state index in [1.807, 2.05) is 6.26 Å². The fourth-order valence-corrected chi connectivity index (χ4v) is 4.87. The van der Waals surface area contributed by atoms with Gasteiger partial charge in [-0.25, -0.2) is 0 Å². The van der Waals surface area contributed by atoms with E-state index in [0.29, 0.717) is 25.9 Å². The van der Waals surface area contributed by atoms with Crippen molar-refractivity contribution in [1.29, 1.82) is 0 Å². The lowest BCUT2D eigenvalue weighted by Crippen LogP contribution is -2.41. The zero-order valence-corrected chi connectivity index (χ0v) is 34.8. The molecular formula is C38H67N3O14S. The van der Waals surface area contributed by atoms with E-state index in [2.05, 4.69) is 16.0 Å². The summed E-state index contributed by atoms with van der Waals surface area (Å²) >= 11 is 1.64. The molecule has 0 bridgehead atoms. The highest BCUT2D eigenvalue weighted by Gasteiger charge is 2.34. The number of hydrogen-bond donors (Lipinski definition) is 3. The smallest absolute Gasteiger partial charge is 0.222 e. The molecule has 0 spiro atoms. The van der Waals surface area contributed by atoms with Crippen LogP contribution in [0.5, 0.6) is 0 Å². The number of thioether (sulfide) groups is 1. The SMILES string of the molecule is CSCCOCCC(=O)CC(COCCC(=O)NCCOCCC(C)=O)(COCCC(=O)NCCOCCC(C)=O)COCCC(=O)NCCOCCC(C)=O. The first-order chi connectivity index (χ1) is 26.9. The van der Waals surface area contributed by atoms with E-state index in [-0.39, 0.29) is 178 Å². The van der Waals surface area contributed by atoms with Gasteiger partial charge < -0.3 is 49.1 Å². The highest BCUT2D eigenvalue weighted by atomic mass is 32.2. The number of Topliss-reactive ketones (excluding diaryl/α,β-unsaturated/α-hetero) is 4. The molecule has 0 aliphatic heterocycles. The molecule has 324 valence electrons. The van der Waals surface area contributed by atoms with E-state index >= 15 is 0 Å². The average Bonchev–Trinajstić information content (AvgIpc) is 3.14. The Balaban J connectivity index is 5.35. The topological polar surface area (TPSA) is 220 Å². The van der Waals surface area contributed by atoms with Crippen LogP contribution in [0.15, 0.2) is 0 Å². The van der Waals surface area contributed by atoms with Crippen molar-refractivity contribution in [2.75, 3.05) is 124 Å². The Morgan fingerprint density at radius 3 is 1.09 bits per heavy atom. The van der Waals surface area contributed by atoms with Gasteiger partial charge in [-0.3, -0.25) is 33.6 Å². The number of amides is 3. The standard InChI is InChI=1S/C38H67N3O14S/c1-31(42)5-15-49-22-12-39-35(46)9-19-53-28-38(27-34(45)8-18-52-25-26-56-4,29-54-20-10-36(47)40-13-23-50-16-6-32(2)43)30-55-21-11-37(48)41-14-24-51-17-7-33(3)44/h5-30H2,1-4H3,(H,39,46)(H,40,47)(H,41,48). The summed E-state index contributed by atoms with van der Waals surface area (Å²) in [6.07, 6.45) is 3.17. The lowest BCUT2D eigenvalue weighted by Gasteiger charge is -2.33. The number of carbonyl (C=O) groups excluding carboxylic acids is 7. The van der Waals surface area contributed by atoms with Crippen LogP contribution in [0.1, 0.15) is 72.1 Å². The second-order valence-electron chi connectivity index (χ2n) is 13.2. The Hall–Kier alpha value is -2.84. The van der Waals surface area contributed by atoms with Gasteiger partial charge in [0.2, 0.25) is 17.7 Å². The molecule has 0 aromatic rings. The van der Waals surface area contributed by atoms with Crippen LogP contribution in [0.25, 0.3) is 0 Å². The minimum Gasteiger partial charge on any atom is -0.380 e. The van der Waals surface area contributed by atoms with Gasteiger partial charge >= 0.3 is 0 Å². The lowest BCUT2D eigenvalue weighted by atomic mass is 9.84. The Kier molecular flexibility index (Phi) is 34.6. The number of ether oxygens (including phenoxy) is 7. The van der Waals surface area contributed by atoms with Crippen LogP contribution < -0.4 is 16.0 Å². The summed E-state index contributed by atoms with van der Waals surface area (Å²) in [5.74, 6) is -0.0268. The second kappa shape index (κ2) is 36.5. The maximum atomic E-state index is 13.3. The minimum atomic E-state index is -1.01. The third-order valence-corrected chi connectivity index (χ3v) is 8.25. The fourth-order valence-electron chi connectivity index (χ4n) is 4.58. The quantitative estimate of drug-likeness (QED) is 0.0740. The number of hydrogen-bond acceptors (Lipinski definition) is 15. The van der Waals surface area contributed by atoms with Gasteiger partial charge in [-0.2, -0.15) is 11.8 Å². The molecule has 0 unspecified atom stereocenters. The van der Waals surface area contributed by atoms with Gasteiger partial charge in [-0.05, 0) is 27.0 Å². The van der Waals surface area contributed by atoms with Crippen LogP contribution in [-0.2, 0) is 66.7 Å². The molecule has 18 heteroatoms. The van der Waals surface area contributed by atoms with E-state index in [1.165, 1.54) is 20.8 Å². The summed E-state index contributed by atoms with van der Waals surface area (Å²) in [5.41, 5.74) is -1.01. The van der Waals surface area contributed by atoms with E-state index in [9.17, 15) is 33.6 Å². The molecule has 0 aromatic carbocycles. The highest BCUT2D eigenvalue weighted by molar-refractivity contribution is 7.98. The maximum absolute atomic E-state index is 13.3. The average molecular weight is 822 g/mol. The molecule has 56 heavy (non-hydrogen) atoms. The third-order valence-electron chi connectivity index (χ3n) is 7.68. The van der Waals surface area contributed by atoms with Gasteiger partial charge in [-0.1, -0.05) is 0 Å². The van der Waals surface area contributed by atoms with Gasteiger partial charge in [0.25, 0.3) is 0 Å². The van der Waals surface area contributed by atoms with Crippen LogP contribution in [-0.4, -0.2) is 165 Å².